The largest absolute Gasteiger partial charge is 0.482 e. The number of carbonyl (C=O) groups excluding carboxylic acids is 1. The molecule has 0 saturated carbocycles. The van der Waals surface area contributed by atoms with Crippen LogP contribution in [0.1, 0.15) is 6.92 Å². The molecule has 2 aromatic carbocycles. The number of anilines is 1. The molecule has 134 valence electrons. The van der Waals surface area contributed by atoms with Gasteiger partial charge in [-0.2, -0.15) is 0 Å². The Labute approximate surface area is 149 Å². The van der Waals surface area contributed by atoms with Crippen LogP contribution in [0, 0.1) is 0 Å². The molecule has 1 aliphatic heterocycles. The average Bonchev–Trinajstić information content (AvgIpc) is 2.85. The number of hydrogen-bond acceptors (Lipinski definition) is 4. The fourth-order valence-electron chi connectivity index (χ4n) is 3.20. The Hall–Kier alpha value is -3.22. The lowest BCUT2D eigenvalue weighted by molar-refractivity contribution is -0.128. The normalized spacial score (nSPS) is 18.7. The smallest absolute Gasteiger partial charge is 0.328 e. The summed E-state index contributed by atoms with van der Waals surface area (Å²) < 4.78 is 14.7. The minimum absolute atomic E-state index is 0.113. The molecule has 0 unspecified atom stereocenters. The van der Waals surface area contributed by atoms with E-state index in [1.807, 2.05) is 24.3 Å². The summed E-state index contributed by atoms with van der Waals surface area (Å²) in [5.74, 6) is 0.878. The number of para-hydroxylation sites is 2. The van der Waals surface area contributed by atoms with Crippen LogP contribution in [-0.4, -0.2) is 27.2 Å². The van der Waals surface area contributed by atoms with E-state index in [2.05, 4.69) is 5.32 Å². The summed E-state index contributed by atoms with van der Waals surface area (Å²) in [6.07, 6.45) is -1.19. The first-order valence-corrected chi connectivity index (χ1v) is 8.34. The van der Waals surface area contributed by atoms with Crippen molar-refractivity contribution in [3.8, 4) is 11.5 Å². The van der Waals surface area contributed by atoms with Crippen molar-refractivity contribution in [1.82, 2.24) is 9.13 Å². The zero-order valence-electron chi connectivity index (χ0n) is 14.7. The van der Waals surface area contributed by atoms with Gasteiger partial charge < -0.3 is 14.8 Å². The molecule has 0 aliphatic carbocycles. The number of nitrogens with zero attached hydrogens (tertiary/aromatic N) is 2. The molecular weight excluding hydrogens is 334 g/mol. The van der Waals surface area contributed by atoms with Gasteiger partial charge in [0.05, 0.1) is 11.0 Å². The summed E-state index contributed by atoms with van der Waals surface area (Å²) in [5, 5.41) is 2.85. The van der Waals surface area contributed by atoms with E-state index in [1.54, 1.807) is 48.4 Å². The molecule has 0 saturated heterocycles. The van der Waals surface area contributed by atoms with E-state index in [0.717, 1.165) is 11.0 Å². The standard InChI is InChI=1S/C19H19N3O4/c1-11-17(26-16-7-5-4-6-15(16)25-11)18(23)20-12-8-9-13-14(10-12)22(3)19(24)21(13)2/h4-11,17H,1-3H3,(H,20,23)/t11-,17+/m1/s1. The number of ether oxygens (including phenoxy) is 2. The summed E-state index contributed by atoms with van der Waals surface area (Å²) in [4.78, 5) is 24.7. The van der Waals surface area contributed by atoms with Gasteiger partial charge in [-0.3, -0.25) is 13.9 Å². The third-order valence-electron chi connectivity index (χ3n) is 4.64. The fourth-order valence-corrected chi connectivity index (χ4v) is 3.20. The third kappa shape index (κ3) is 2.52. The summed E-state index contributed by atoms with van der Waals surface area (Å²) in [5.41, 5.74) is 2.03. The Kier molecular flexibility index (Phi) is 3.72. The second kappa shape index (κ2) is 5.94. The molecule has 0 fully saturated rings. The van der Waals surface area contributed by atoms with Crippen molar-refractivity contribution < 1.29 is 14.3 Å². The quantitative estimate of drug-likeness (QED) is 0.765. The van der Waals surface area contributed by atoms with Crippen LogP contribution in [0.25, 0.3) is 11.0 Å². The van der Waals surface area contributed by atoms with Crippen molar-refractivity contribution in [2.75, 3.05) is 5.32 Å². The molecule has 2 heterocycles. The number of amides is 1. The molecule has 1 N–H and O–H groups in total. The van der Waals surface area contributed by atoms with Crippen molar-refractivity contribution in [2.24, 2.45) is 14.1 Å². The van der Waals surface area contributed by atoms with Gasteiger partial charge in [0.2, 0.25) is 6.10 Å². The maximum atomic E-state index is 12.7. The first-order valence-electron chi connectivity index (χ1n) is 8.34. The van der Waals surface area contributed by atoms with E-state index < -0.39 is 12.2 Å². The molecule has 26 heavy (non-hydrogen) atoms. The second-order valence-corrected chi connectivity index (χ2v) is 6.40. The number of rotatable bonds is 2. The number of aryl methyl sites for hydroxylation is 2. The van der Waals surface area contributed by atoms with E-state index in [4.69, 9.17) is 9.47 Å². The van der Waals surface area contributed by atoms with Crippen LogP contribution >= 0.6 is 0 Å². The first-order chi connectivity index (χ1) is 12.5. The molecule has 0 bridgehead atoms. The Morgan fingerprint density at radius 2 is 1.65 bits per heavy atom. The van der Waals surface area contributed by atoms with Gasteiger partial charge in [0.1, 0.15) is 6.10 Å². The predicted molar refractivity (Wildman–Crippen MR) is 97.7 cm³/mol. The molecule has 1 aliphatic rings. The molecular formula is C19H19N3O4. The van der Waals surface area contributed by atoms with Crippen molar-refractivity contribution in [2.45, 2.75) is 19.1 Å². The molecule has 0 spiro atoms. The van der Waals surface area contributed by atoms with E-state index in [9.17, 15) is 9.59 Å². The third-order valence-corrected chi connectivity index (χ3v) is 4.64. The van der Waals surface area contributed by atoms with Crippen molar-refractivity contribution in [3.05, 3.63) is 52.9 Å². The van der Waals surface area contributed by atoms with Gasteiger partial charge in [0, 0.05) is 19.8 Å². The molecule has 7 heteroatoms. The second-order valence-electron chi connectivity index (χ2n) is 6.40. The van der Waals surface area contributed by atoms with Gasteiger partial charge in [0.25, 0.3) is 5.91 Å². The van der Waals surface area contributed by atoms with Gasteiger partial charge in [-0.1, -0.05) is 12.1 Å². The molecule has 4 rings (SSSR count). The highest BCUT2D eigenvalue weighted by Crippen LogP contribution is 2.33. The van der Waals surface area contributed by atoms with E-state index >= 15 is 0 Å². The topological polar surface area (TPSA) is 74.5 Å². The maximum Gasteiger partial charge on any atom is 0.328 e. The van der Waals surface area contributed by atoms with Crippen LogP contribution in [0.4, 0.5) is 5.69 Å². The monoisotopic (exact) mass is 353 g/mol. The summed E-state index contributed by atoms with van der Waals surface area (Å²) in [7, 11) is 3.42. The van der Waals surface area contributed by atoms with Crippen LogP contribution < -0.4 is 20.5 Å². The van der Waals surface area contributed by atoms with Crippen LogP contribution in [0.3, 0.4) is 0 Å². The minimum atomic E-state index is -0.764. The van der Waals surface area contributed by atoms with Crippen LogP contribution in [-0.2, 0) is 18.9 Å². The lowest BCUT2D eigenvalue weighted by atomic mass is 10.1. The highest BCUT2D eigenvalue weighted by atomic mass is 16.6. The fraction of sp³-hybridized carbons (Fsp3) is 0.263. The highest BCUT2D eigenvalue weighted by Gasteiger charge is 2.34. The number of hydrogen-bond donors (Lipinski definition) is 1. The summed E-state index contributed by atoms with van der Waals surface area (Å²) in [6, 6.07) is 12.6. The maximum absolute atomic E-state index is 12.7. The molecule has 1 amide bonds. The van der Waals surface area contributed by atoms with Gasteiger partial charge in [-0.25, -0.2) is 4.79 Å². The number of nitrogens with one attached hydrogen (secondary N) is 1. The van der Waals surface area contributed by atoms with Crippen molar-refractivity contribution in [3.63, 3.8) is 0 Å². The zero-order valence-corrected chi connectivity index (χ0v) is 14.7. The number of benzene rings is 2. The van der Waals surface area contributed by atoms with Crippen LogP contribution in [0.15, 0.2) is 47.3 Å². The number of aromatic nitrogens is 2. The minimum Gasteiger partial charge on any atom is -0.482 e. The summed E-state index contributed by atoms with van der Waals surface area (Å²) >= 11 is 0. The van der Waals surface area contributed by atoms with Crippen molar-refractivity contribution in [1.29, 1.82) is 0 Å². The highest BCUT2D eigenvalue weighted by molar-refractivity contribution is 5.96. The van der Waals surface area contributed by atoms with E-state index in [-0.39, 0.29) is 11.6 Å². The van der Waals surface area contributed by atoms with E-state index in [0.29, 0.717) is 17.2 Å². The van der Waals surface area contributed by atoms with Gasteiger partial charge in [-0.15, -0.1) is 0 Å². The average molecular weight is 353 g/mol. The molecule has 3 aromatic rings. The Bertz CT molecular complexity index is 1070. The van der Waals surface area contributed by atoms with E-state index in [1.165, 1.54) is 0 Å². The number of fused-ring (bicyclic) bond motifs is 2. The number of imidazole rings is 1. The molecule has 7 nitrogen and oxygen atoms in total. The molecule has 1 aromatic heterocycles. The Morgan fingerprint density at radius 3 is 2.38 bits per heavy atom. The summed E-state index contributed by atoms with van der Waals surface area (Å²) in [6.45, 7) is 1.80. The number of carbonyl (C=O) groups is 1. The predicted octanol–water partition coefficient (Wildman–Crippen LogP) is 2.04. The lowest BCUT2D eigenvalue weighted by Gasteiger charge is -2.31. The Balaban J connectivity index is 1.59. The van der Waals surface area contributed by atoms with Crippen LogP contribution in [0.5, 0.6) is 11.5 Å². The lowest BCUT2D eigenvalue weighted by Crippen LogP contribution is -2.46. The van der Waals surface area contributed by atoms with Crippen molar-refractivity contribution >= 4 is 22.6 Å². The van der Waals surface area contributed by atoms with Crippen LogP contribution in [0.2, 0.25) is 0 Å². The zero-order chi connectivity index (χ0) is 18.4. The van der Waals surface area contributed by atoms with Gasteiger partial charge in [0.15, 0.2) is 11.5 Å². The Morgan fingerprint density at radius 1 is 1.00 bits per heavy atom. The van der Waals surface area contributed by atoms with Gasteiger partial charge in [-0.05, 0) is 37.3 Å². The van der Waals surface area contributed by atoms with Gasteiger partial charge >= 0.3 is 5.69 Å². The molecule has 0 radical (unpaired) electrons. The first kappa shape index (κ1) is 16.3. The molecule has 2 atom stereocenters. The SMILES string of the molecule is C[C@H]1Oc2ccccc2O[C@@H]1C(=O)Nc1ccc2c(c1)n(C)c(=O)n2C.